The average molecular weight is 236 g/mol. The number of hydrogen-bond acceptors (Lipinski definition) is 3. The van der Waals surface area contributed by atoms with Crippen LogP contribution in [-0.4, -0.2) is 11.1 Å². The molecule has 1 rings (SSSR count). The summed E-state index contributed by atoms with van der Waals surface area (Å²) in [7, 11) is 0. The molecule has 94 valence electrons. The maximum Gasteiger partial charge on any atom is 0.317 e. The van der Waals surface area contributed by atoms with Crippen molar-refractivity contribution in [3.05, 3.63) is 24.3 Å². The van der Waals surface area contributed by atoms with Gasteiger partial charge in [0, 0.05) is 0 Å². The summed E-state index contributed by atoms with van der Waals surface area (Å²) in [6.45, 7) is 9.76. The van der Waals surface area contributed by atoms with Gasteiger partial charge >= 0.3 is 5.97 Å². The molecule has 0 heterocycles. The Bertz CT molecular complexity index is 396. The Kier molecular flexibility index (Phi) is 3.51. The summed E-state index contributed by atoms with van der Waals surface area (Å²) in [5.41, 5.74) is -0.758. The Morgan fingerprint density at radius 2 is 1.53 bits per heavy atom. The van der Waals surface area contributed by atoms with Crippen LogP contribution in [0.1, 0.15) is 34.6 Å². The molecule has 0 radical (unpaired) electrons. The van der Waals surface area contributed by atoms with Gasteiger partial charge in [0.2, 0.25) is 0 Å². The molecule has 0 atom stereocenters. The molecule has 1 N–H and O–H groups in total. The van der Waals surface area contributed by atoms with Crippen molar-refractivity contribution >= 4 is 5.97 Å². The van der Waals surface area contributed by atoms with Crippen molar-refractivity contribution in [2.45, 2.75) is 34.6 Å². The lowest BCUT2D eigenvalue weighted by molar-refractivity contribution is -0.150. The molecule has 0 aliphatic heterocycles. The van der Waals surface area contributed by atoms with Crippen LogP contribution in [-0.2, 0) is 4.79 Å². The van der Waals surface area contributed by atoms with E-state index in [1.807, 2.05) is 34.6 Å². The molecule has 0 bridgehead atoms. The number of carbonyl (C=O) groups is 1. The van der Waals surface area contributed by atoms with Gasteiger partial charge in [-0.3, -0.25) is 4.79 Å². The molecule has 1 aromatic carbocycles. The van der Waals surface area contributed by atoms with Gasteiger partial charge in [-0.1, -0.05) is 20.8 Å². The summed E-state index contributed by atoms with van der Waals surface area (Å²) in [5, 5.41) is 9.14. The lowest BCUT2D eigenvalue weighted by Gasteiger charge is -2.36. The summed E-state index contributed by atoms with van der Waals surface area (Å²) in [6, 6.07) is 6.14. The highest BCUT2D eigenvalue weighted by Crippen LogP contribution is 2.39. The Morgan fingerprint density at radius 3 is 1.94 bits per heavy atom. The number of benzene rings is 1. The van der Waals surface area contributed by atoms with Gasteiger partial charge in [0.05, 0.1) is 5.41 Å². The van der Waals surface area contributed by atoms with Gasteiger partial charge in [-0.25, -0.2) is 0 Å². The first-order chi connectivity index (χ1) is 7.64. The van der Waals surface area contributed by atoms with Gasteiger partial charge in [0.25, 0.3) is 0 Å². The number of ether oxygens (including phenoxy) is 1. The van der Waals surface area contributed by atoms with Crippen LogP contribution in [0.15, 0.2) is 24.3 Å². The second-order valence-corrected chi connectivity index (χ2v) is 5.76. The highest BCUT2D eigenvalue weighted by molar-refractivity contribution is 5.79. The molecule has 0 aromatic heterocycles. The average Bonchev–Trinajstić information content (AvgIpc) is 2.19. The van der Waals surface area contributed by atoms with Crippen LogP contribution >= 0.6 is 0 Å². The predicted octanol–water partition coefficient (Wildman–Crippen LogP) is 3.37. The number of carbonyl (C=O) groups excluding carboxylic acids is 1. The Hall–Kier alpha value is -1.51. The van der Waals surface area contributed by atoms with Crippen LogP contribution in [0.4, 0.5) is 0 Å². The molecule has 0 aliphatic rings. The molecule has 0 spiro atoms. The van der Waals surface area contributed by atoms with E-state index in [0.717, 1.165) is 0 Å². The van der Waals surface area contributed by atoms with Gasteiger partial charge in [-0.15, -0.1) is 0 Å². The van der Waals surface area contributed by atoms with E-state index in [9.17, 15) is 4.79 Å². The van der Waals surface area contributed by atoms with Crippen molar-refractivity contribution in [3.63, 3.8) is 0 Å². The first-order valence-electron chi connectivity index (χ1n) is 5.66. The minimum atomic E-state index is -0.578. The second kappa shape index (κ2) is 4.40. The zero-order valence-electron chi connectivity index (χ0n) is 11.1. The zero-order valence-corrected chi connectivity index (χ0v) is 11.1. The van der Waals surface area contributed by atoms with Crippen LogP contribution in [0, 0.1) is 10.8 Å². The van der Waals surface area contributed by atoms with Crippen LogP contribution in [0.3, 0.4) is 0 Å². The highest BCUT2D eigenvalue weighted by Gasteiger charge is 2.41. The van der Waals surface area contributed by atoms with Crippen LogP contribution < -0.4 is 4.74 Å². The van der Waals surface area contributed by atoms with Gasteiger partial charge in [0.15, 0.2) is 0 Å². The molecule has 0 fully saturated rings. The van der Waals surface area contributed by atoms with Gasteiger partial charge < -0.3 is 9.84 Å². The Labute approximate surface area is 102 Å². The fourth-order valence-corrected chi connectivity index (χ4v) is 1.05. The number of phenols is 1. The summed E-state index contributed by atoms with van der Waals surface area (Å²) in [4.78, 5) is 12.1. The van der Waals surface area contributed by atoms with Gasteiger partial charge in [-0.2, -0.15) is 0 Å². The maximum absolute atomic E-state index is 12.1. The smallest absolute Gasteiger partial charge is 0.317 e. The lowest BCUT2D eigenvalue weighted by atomic mass is 9.69. The summed E-state index contributed by atoms with van der Waals surface area (Å²) in [6.07, 6.45) is 0. The van der Waals surface area contributed by atoms with Crippen molar-refractivity contribution in [1.82, 2.24) is 0 Å². The molecule has 17 heavy (non-hydrogen) atoms. The Balaban J connectivity index is 2.83. The number of aromatic hydroxyl groups is 1. The predicted molar refractivity (Wildman–Crippen MR) is 67.0 cm³/mol. The molecule has 0 saturated carbocycles. The highest BCUT2D eigenvalue weighted by atomic mass is 16.5. The van der Waals surface area contributed by atoms with E-state index in [1.54, 1.807) is 12.1 Å². The SMILES string of the molecule is CC(C)(C)C(C)(C)C(=O)Oc1ccc(O)cc1. The molecule has 3 heteroatoms. The van der Waals surface area contributed by atoms with Crippen molar-refractivity contribution in [2.24, 2.45) is 10.8 Å². The van der Waals surface area contributed by atoms with Crippen LogP contribution in [0.5, 0.6) is 11.5 Å². The lowest BCUT2D eigenvalue weighted by Crippen LogP contribution is -2.40. The van der Waals surface area contributed by atoms with Crippen molar-refractivity contribution < 1.29 is 14.6 Å². The molecule has 0 unspecified atom stereocenters. The molecular formula is C14H20O3. The monoisotopic (exact) mass is 236 g/mol. The van der Waals surface area contributed by atoms with Gasteiger partial charge in [-0.05, 0) is 43.5 Å². The number of hydrogen-bond donors (Lipinski definition) is 1. The summed E-state index contributed by atoms with van der Waals surface area (Å²) < 4.78 is 5.31. The maximum atomic E-state index is 12.1. The fraction of sp³-hybridized carbons (Fsp3) is 0.500. The molecule has 3 nitrogen and oxygen atoms in total. The van der Waals surface area contributed by atoms with Gasteiger partial charge in [0.1, 0.15) is 11.5 Å². The standard InChI is InChI=1S/C14H20O3/c1-13(2,3)14(4,5)12(16)17-11-8-6-10(15)7-9-11/h6-9,15H,1-5H3. The van der Waals surface area contributed by atoms with Crippen molar-refractivity contribution in [3.8, 4) is 11.5 Å². The first kappa shape index (κ1) is 13.6. The summed E-state index contributed by atoms with van der Waals surface area (Å²) >= 11 is 0. The molecule has 0 aliphatic carbocycles. The van der Waals surface area contributed by atoms with Crippen LogP contribution in [0.2, 0.25) is 0 Å². The number of phenolic OH excluding ortho intramolecular Hbond substituents is 1. The topological polar surface area (TPSA) is 46.5 Å². The minimum Gasteiger partial charge on any atom is -0.508 e. The molecule has 1 aromatic rings. The largest absolute Gasteiger partial charge is 0.508 e. The van der Waals surface area contributed by atoms with E-state index in [4.69, 9.17) is 9.84 Å². The second-order valence-electron chi connectivity index (χ2n) is 5.76. The number of rotatable bonds is 2. The normalized spacial score (nSPS) is 12.3. The quantitative estimate of drug-likeness (QED) is 0.632. The zero-order chi connectivity index (χ0) is 13.3. The van der Waals surface area contributed by atoms with E-state index in [-0.39, 0.29) is 17.1 Å². The fourth-order valence-electron chi connectivity index (χ4n) is 1.05. The van der Waals surface area contributed by atoms with Crippen molar-refractivity contribution in [1.29, 1.82) is 0 Å². The molecule has 0 amide bonds. The third-order valence-corrected chi connectivity index (χ3v) is 3.43. The molecular weight excluding hydrogens is 216 g/mol. The minimum absolute atomic E-state index is 0.153. The third kappa shape index (κ3) is 2.99. The molecule has 0 saturated heterocycles. The number of esters is 1. The third-order valence-electron chi connectivity index (χ3n) is 3.43. The van der Waals surface area contributed by atoms with Crippen LogP contribution in [0.25, 0.3) is 0 Å². The first-order valence-corrected chi connectivity index (χ1v) is 5.66. The van der Waals surface area contributed by atoms with Crippen molar-refractivity contribution in [2.75, 3.05) is 0 Å². The van der Waals surface area contributed by atoms with E-state index in [0.29, 0.717) is 5.75 Å². The van der Waals surface area contributed by atoms with E-state index >= 15 is 0 Å². The summed E-state index contributed by atoms with van der Waals surface area (Å²) in [5.74, 6) is 0.334. The Morgan fingerprint density at radius 1 is 1.06 bits per heavy atom. The van der Waals surface area contributed by atoms with E-state index in [2.05, 4.69) is 0 Å². The van der Waals surface area contributed by atoms with E-state index < -0.39 is 5.41 Å². The van der Waals surface area contributed by atoms with E-state index in [1.165, 1.54) is 12.1 Å².